The standard InChI is InChI=1S/C24H27N7O/c1-16-6-7-18-20(12-16)31(19-5-3-4-17(2)21(18)19)10-8-26-9-11-32-15-30-14-29-22-23(25)27-13-28-24(22)30/h3-7,12-14,26H,8-11,15H2,1-2H3,(H2,25,27,28). The number of hydrogen-bond acceptors (Lipinski definition) is 6. The van der Waals surface area contributed by atoms with E-state index in [9.17, 15) is 0 Å². The lowest BCUT2D eigenvalue weighted by Crippen LogP contribution is -2.24. The number of hydrogen-bond donors (Lipinski definition) is 2. The molecule has 0 saturated heterocycles. The zero-order chi connectivity index (χ0) is 22.1. The number of anilines is 1. The van der Waals surface area contributed by atoms with Gasteiger partial charge in [0, 0.05) is 41.4 Å². The number of ether oxygens (including phenoxy) is 1. The van der Waals surface area contributed by atoms with Crippen LogP contribution in [0.2, 0.25) is 0 Å². The van der Waals surface area contributed by atoms with Crippen LogP contribution in [0.25, 0.3) is 33.0 Å². The summed E-state index contributed by atoms with van der Waals surface area (Å²) in [6, 6.07) is 13.3. The molecule has 3 N–H and O–H groups in total. The maximum Gasteiger partial charge on any atom is 0.167 e. The molecule has 0 aliphatic carbocycles. The van der Waals surface area contributed by atoms with E-state index in [1.54, 1.807) is 6.33 Å². The van der Waals surface area contributed by atoms with Crippen molar-refractivity contribution in [3.05, 3.63) is 60.2 Å². The predicted octanol–water partition coefficient (Wildman–Crippen LogP) is 3.40. The van der Waals surface area contributed by atoms with Gasteiger partial charge in [-0.2, -0.15) is 0 Å². The van der Waals surface area contributed by atoms with E-state index in [0.717, 1.165) is 19.6 Å². The van der Waals surface area contributed by atoms with Gasteiger partial charge < -0.3 is 20.4 Å². The van der Waals surface area contributed by atoms with Gasteiger partial charge in [0.2, 0.25) is 0 Å². The fraction of sp³-hybridized carbons (Fsp3) is 0.292. The van der Waals surface area contributed by atoms with Crippen molar-refractivity contribution in [2.45, 2.75) is 27.1 Å². The van der Waals surface area contributed by atoms with Crippen molar-refractivity contribution in [3.8, 4) is 0 Å². The molecule has 0 aliphatic rings. The maximum atomic E-state index is 5.83. The monoisotopic (exact) mass is 429 g/mol. The molecule has 0 spiro atoms. The van der Waals surface area contributed by atoms with E-state index in [1.807, 2.05) is 4.57 Å². The minimum atomic E-state index is 0.375. The van der Waals surface area contributed by atoms with E-state index < -0.39 is 0 Å². The lowest BCUT2D eigenvalue weighted by Gasteiger charge is -2.10. The minimum Gasteiger partial charge on any atom is -0.382 e. The zero-order valence-electron chi connectivity index (χ0n) is 18.4. The van der Waals surface area contributed by atoms with Crippen LogP contribution in [-0.4, -0.2) is 43.8 Å². The van der Waals surface area contributed by atoms with E-state index >= 15 is 0 Å². The van der Waals surface area contributed by atoms with Crippen LogP contribution in [0.5, 0.6) is 0 Å². The molecule has 32 heavy (non-hydrogen) atoms. The molecule has 0 fully saturated rings. The molecule has 3 aromatic heterocycles. The van der Waals surface area contributed by atoms with Crippen molar-refractivity contribution in [2.24, 2.45) is 0 Å². The van der Waals surface area contributed by atoms with E-state index in [1.165, 1.54) is 39.3 Å². The molecule has 164 valence electrons. The highest BCUT2D eigenvalue weighted by Gasteiger charge is 2.12. The van der Waals surface area contributed by atoms with Gasteiger partial charge in [-0.15, -0.1) is 0 Å². The third-order valence-corrected chi connectivity index (χ3v) is 5.85. The van der Waals surface area contributed by atoms with Gasteiger partial charge in [0.05, 0.1) is 12.9 Å². The maximum absolute atomic E-state index is 5.83. The third-order valence-electron chi connectivity index (χ3n) is 5.85. The van der Waals surface area contributed by atoms with Crippen molar-refractivity contribution < 1.29 is 4.74 Å². The smallest absolute Gasteiger partial charge is 0.167 e. The summed E-state index contributed by atoms with van der Waals surface area (Å²) < 4.78 is 10.0. The molecule has 0 aliphatic heterocycles. The number of benzene rings is 2. The summed E-state index contributed by atoms with van der Waals surface area (Å²) in [5.74, 6) is 0.380. The van der Waals surface area contributed by atoms with Gasteiger partial charge in [-0.1, -0.05) is 24.3 Å². The fourth-order valence-electron chi connectivity index (χ4n) is 4.29. The first-order chi connectivity index (χ1) is 15.6. The lowest BCUT2D eigenvalue weighted by atomic mass is 10.1. The molecular weight excluding hydrogens is 402 g/mol. The molecule has 8 heteroatoms. The summed E-state index contributed by atoms with van der Waals surface area (Å²) in [6.45, 7) is 7.82. The van der Waals surface area contributed by atoms with Crippen LogP contribution in [0.15, 0.2) is 49.1 Å². The number of aromatic nitrogens is 5. The average Bonchev–Trinajstić information content (AvgIpc) is 3.34. The molecule has 0 atom stereocenters. The Hall–Kier alpha value is -3.49. The predicted molar refractivity (Wildman–Crippen MR) is 127 cm³/mol. The first-order valence-electron chi connectivity index (χ1n) is 10.8. The van der Waals surface area contributed by atoms with Gasteiger partial charge in [-0.05, 0) is 37.1 Å². The third kappa shape index (κ3) is 3.68. The Bertz CT molecular complexity index is 1400. The molecule has 0 amide bonds. The van der Waals surface area contributed by atoms with Crippen molar-refractivity contribution in [3.63, 3.8) is 0 Å². The van der Waals surface area contributed by atoms with E-state index in [-0.39, 0.29) is 0 Å². The second kappa shape index (κ2) is 8.57. The zero-order valence-corrected chi connectivity index (χ0v) is 18.4. The van der Waals surface area contributed by atoms with Crippen LogP contribution < -0.4 is 11.1 Å². The van der Waals surface area contributed by atoms with Crippen LogP contribution in [0.3, 0.4) is 0 Å². The second-order valence-electron chi connectivity index (χ2n) is 8.07. The first kappa shape index (κ1) is 20.4. The Morgan fingerprint density at radius 1 is 1.03 bits per heavy atom. The Morgan fingerprint density at radius 3 is 2.84 bits per heavy atom. The minimum absolute atomic E-state index is 0.375. The number of nitrogens with zero attached hydrogens (tertiary/aromatic N) is 5. The SMILES string of the molecule is Cc1ccc2c3c(C)cccc3n(CCNCCOCn3cnc4c(N)ncnc43)c2c1. The van der Waals surface area contributed by atoms with Crippen LogP contribution in [-0.2, 0) is 18.0 Å². The van der Waals surface area contributed by atoms with Gasteiger partial charge in [0.25, 0.3) is 0 Å². The summed E-state index contributed by atoms with van der Waals surface area (Å²) in [7, 11) is 0. The van der Waals surface area contributed by atoms with E-state index in [2.05, 4.69) is 75.1 Å². The quantitative estimate of drug-likeness (QED) is 0.367. The van der Waals surface area contributed by atoms with Gasteiger partial charge in [-0.3, -0.25) is 4.57 Å². The molecule has 2 aromatic carbocycles. The topological polar surface area (TPSA) is 95.8 Å². The van der Waals surface area contributed by atoms with Gasteiger partial charge >= 0.3 is 0 Å². The van der Waals surface area contributed by atoms with Crippen molar-refractivity contribution in [2.75, 3.05) is 25.4 Å². The molecule has 5 rings (SSSR count). The van der Waals surface area contributed by atoms with Crippen molar-refractivity contribution >= 4 is 38.8 Å². The normalized spacial score (nSPS) is 11.8. The number of nitrogen functional groups attached to an aromatic ring is 1. The molecule has 8 nitrogen and oxygen atoms in total. The molecule has 0 saturated carbocycles. The summed E-state index contributed by atoms with van der Waals surface area (Å²) in [5.41, 5.74) is 12.3. The van der Waals surface area contributed by atoms with Crippen LogP contribution in [0, 0.1) is 13.8 Å². The van der Waals surface area contributed by atoms with Gasteiger partial charge in [0.1, 0.15) is 18.6 Å². The Balaban J connectivity index is 1.18. The highest BCUT2D eigenvalue weighted by molar-refractivity contribution is 6.09. The molecule has 0 bridgehead atoms. The number of nitrogens with two attached hydrogens (primary N) is 1. The molecule has 0 unspecified atom stereocenters. The van der Waals surface area contributed by atoms with Crippen LogP contribution in [0.1, 0.15) is 11.1 Å². The lowest BCUT2D eigenvalue weighted by molar-refractivity contribution is 0.0811. The second-order valence-corrected chi connectivity index (χ2v) is 8.07. The molecule has 3 heterocycles. The van der Waals surface area contributed by atoms with Gasteiger partial charge in [-0.25, -0.2) is 15.0 Å². The van der Waals surface area contributed by atoms with E-state index in [0.29, 0.717) is 30.3 Å². The number of imidazole rings is 1. The van der Waals surface area contributed by atoms with Gasteiger partial charge in [0.15, 0.2) is 11.5 Å². The first-order valence-corrected chi connectivity index (χ1v) is 10.8. The summed E-state index contributed by atoms with van der Waals surface area (Å²) in [6.07, 6.45) is 3.12. The van der Waals surface area contributed by atoms with Crippen molar-refractivity contribution in [1.29, 1.82) is 0 Å². The summed E-state index contributed by atoms with van der Waals surface area (Å²) >= 11 is 0. The number of aryl methyl sites for hydroxylation is 2. The highest BCUT2D eigenvalue weighted by atomic mass is 16.5. The van der Waals surface area contributed by atoms with Crippen LogP contribution >= 0.6 is 0 Å². The molecule has 5 aromatic rings. The highest BCUT2D eigenvalue weighted by Crippen LogP contribution is 2.31. The number of fused-ring (bicyclic) bond motifs is 4. The molecule has 0 radical (unpaired) electrons. The summed E-state index contributed by atoms with van der Waals surface area (Å²) in [5, 5.41) is 6.17. The Morgan fingerprint density at radius 2 is 1.94 bits per heavy atom. The number of nitrogens with one attached hydrogen (secondary N) is 1. The average molecular weight is 430 g/mol. The fourth-order valence-corrected chi connectivity index (χ4v) is 4.29. The van der Waals surface area contributed by atoms with Crippen LogP contribution in [0.4, 0.5) is 5.82 Å². The summed E-state index contributed by atoms with van der Waals surface area (Å²) in [4.78, 5) is 12.4. The molecular formula is C24H27N7O. The Labute approximate surface area is 186 Å². The Kier molecular flexibility index (Phi) is 5.46. The van der Waals surface area contributed by atoms with Crippen molar-refractivity contribution in [1.82, 2.24) is 29.4 Å². The number of rotatable bonds is 8. The van der Waals surface area contributed by atoms with E-state index in [4.69, 9.17) is 10.5 Å². The largest absolute Gasteiger partial charge is 0.382 e.